The standard InChI is InChI=1S/C12H6BrFN2O2S/c13-10-1-5(4-19-10)11-15-8-2-6(12(17)18)7(14)3-9(8)16-11/h1-4H,(H,15,16)(H,17,18). The molecule has 0 bridgehead atoms. The number of nitrogens with zero attached hydrogens (tertiary/aromatic N) is 1. The van der Waals surface area contributed by atoms with Crippen LogP contribution < -0.4 is 0 Å². The molecule has 0 saturated carbocycles. The molecule has 0 atom stereocenters. The molecule has 0 unspecified atom stereocenters. The molecule has 2 aromatic heterocycles. The van der Waals surface area contributed by atoms with Gasteiger partial charge in [-0.25, -0.2) is 14.2 Å². The van der Waals surface area contributed by atoms with E-state index in [0.29, 0.717) is 16.9 Å². The second kappa shape index (κ2) is 4.43. The number of fused-ring (bicyclic) bond motifs is 1. The first-order chi connectivity index (χ1) is 9.04. The fraction of sp³-hybridized carbons (Fsp3) is 0. The molecule has 0 saturated heterocycles. The van der Waals surface area contributed by atoms with Crippen LogP contribution in [0.2, 0.25) is 0 Å². The predicted molar refractivity (Wildman–Crippen MR) is 74.0 cm³/mol. The summed E-state index contributed by atoms with van der Waals surface area (Å²) in [5.74, 6) is -1.50. The van der Waals surface area contributed by atoms with Crippen molar-refractivity contribution in [2.75, 3.05) is 0 Å². The summed E-state index contributed by atoms with van der Waals surface area (Å²) in [5, 5.41) is 10.8. The van der Waals surface area contributed by atoms with E-state index in [1.165, 1.54) is 17.4 Å². The highest BCUT2D eigenvalue weighted by Crippen LogP contribution is 2.29. The lowest BCUT2D eigenvalue weighted by Gasteiger charge is -1.95. The van der Waals surface area contributed by atoms with Crippen molar-refractivity contribution in [2.24, 2.45) is 0 Å². The predicted octanol–water partition coefficient (Wildman–Crippen LogP) is 3.89. The molecule has 19 heavy (non-hydrogen) atoms. The molecule has 1 aromatic carbocycles. The van der Waals surface area contributed by atoms with E-state index in [0.717, 1.165) is 15.4 Å². The topological polar surface area (TPSA) is 66.0 Å². The van der Waals surface area contributed by atoms with Gasteiger partial charge in [0, 0.05) is 17.0 Å². The van der Waals surface area contributed by atoms with E-state index in [1.807, 2.05) is 11.4 Å². The van der Waals surface area contributed by atoms with E-state index in [9.17, 15) is 9.18 Å². The number of aromatic carboxylic acids is 1. The Bertz CT molecular complexity index is 796. The van der Waals surface area contributed by atoms with E-state index in [1.54, 1.807) is 0 Å². The first kappa shape index (κ1) is 12.3. The molecule has 3 aromatic rings. The van der Waals surface area contributed by atoms with Crippen LogP contribution in [0.3, 0.4) is 0 Å². The van der Waals surface area contributed by atoms with E-state index >= 15 is 0 Å². The summed E-state index contributed by atoms with van der Waals surface area (Å²) in [6.07, 6.45) is 0. The molecule has 0 aliphatic heterocycles. The molecule has 4 nitrogen and oxygen atoms in total. The van der Waals surface area contributed by atoms with Crippen molar-refractivity contribution in [3.05, 3.63) is 38.7 Å². The molecule has 2 N–H and O–H groups in total. The molecule has 0 aliphatic rings. The van der Waals surface area contributed by atoms with Crippen molar-refractivity contribution in [2.45, 2.75) is 0 Å². The van der Waals surface area contributed by atoms with Gasteiger partial charge in [0.2, 0.25) is 0 Å². The van der Waals surface area contributed by atoms with Gasteiger partial charge in [-0.1, -0.05) is 0 Å². The lowest BCUT2D eigenvalue weighted by Crippen LogP contribution is -1.99. The van der Waals surface area contributed by atoms with Crippen LogP contribution in [0.5, 0.6) is 0 Å². The average Bonchev–Trinajstić information content (AvgIpc) is 2.93. The number of hydrogen-bond donors (Lipinski definition) is 2. The zero-order valence-corrected chi connectivity index (χ0v) is 11.7. The number of hydrogen-bond acceptors (Lipinski definition) is 3. The smallest absolute Gasteiger partial charge is 0.338 e. The summed E-state index contributed by atoms with van der Waals surface area (Å²) < 4.78 is 14.5. The quantitative estimate of drug-likeness (QED) is 0.743. The lowest BCUT2D eigenvalue weighted by atomic mass is 10.2. The number of carboxylic acid groups (broad SMARTS) is 1. The number of nitrogens with one attached hydrogen (secondary N) is 1. The maximum atomic E-state index is 13.6. The van der Waals surface area contributed by atoms with Gasteiger partial charge in [-0.2, -0.15) is 0 Å². The number of benzene rings is 1. The number of halogens is 2. The largest absolute Gasteiger partial charge is 0.478 e. The lowest BCUT2D eigenvalue weighted by molar-refractivity contribution is 0.0692. The number of carbonyl (C=O) groups is 1. The minimum atomic E-state index is -1.30. The average molecular weight is 341 g/mol. The summed E-state index contributed by atoms with van der Waals surface area (Å²) in [4.78, 5) is 18.1. The first-order valence-corrected chi connectivity index (χ1v) is 6.89. The molecule has 0 amide bonds. The highest BCUT2D eigenvalue weighted by molar-refractivity contribution is 9.11. The van der Waals surface area contributed by atoms with E-state index in [4.69, 9.17) is 5.11 Å². The fourth-order valence-corrected chi connectivity index (χ4v) is 2.91. The molecule has 3 rings (SSSR count). The SMILES string of the molecule is O=C(O)c1cc2nc(-c3csc(Br)c3)[nH]c2cc1F. The van der Waals surface area contributed by atoms with Crippen molar-refractivity contribution in [3.63, 3.8) is 0 Å². The highest BCUT2D eigenvalue weighted by Gasteiger charge is 2.14. The second-order valence-electron chi connectivity index (χ2n) is 3.88. The zero-order chi connectivity index (χ0) is 13.6. The van der Waals surface area contributed by atoms with Crippen LogP contribution in [0.15, 0.2) is 27.4 Å². The Hall–Kier alpha value is -1.73. The number of H-pyrrole nitrogens is 1. The number of imidazole rings is 1. The Balaban J connectivity index is 2.18. The van der Waals surface area contributed by atoms with Gasteiger partial charge in [0.15, 0.2) is 0 Å². The van der Waals surface area contributed by atoms with Gasteiger partial charge in [-0.15, -0.1) is 11.3 Å². The highest BCUT2D eigenvalue weighted by atomic mass is 79.9. The number of aromatic nitrogens is 2. The number of carboxylic acids is 1. The normalized spacial score (nSPS) is 11.1. The molecule has 0 spiro atoms. The Labute approximate surface area is 119 Å². The number of rotatable bonds is 2. The van der Waals surface area contributed by atoms with Crippen molar-refractivity contribution in [1.29, 1.82) is 0 Å². The third-order valence-electron chi connectivity index (χ3n) is 2.64. The maximum absolute atomic E-state index is 13.6. The van der Waals surface area contributed by atoms with Crippen LogP contribution in [0.25, 0.3) is 22.4 Å². The molecule has 7 heteroatoms. The van der Waals surface area contributed by atoms with Crippen LogP contribution in [-0.2, 0) is 0 Å². The molecule has 0 radical (unpaired) electrons. The van der Waals surface area contributed by atoms with Gasteiger partial charge in [0.05, 0.1) is 20.4 Å². The van der Waals surface area contributed by atoms with Gasteiger partial charge in [-0.05, 0) is 28.1 Å². The minimum absolute atomic E-state index is 0.378. The van der Waals surface area contributed by atoms with Crippen LogP contribution in [-0.4, -0.2) is 21.0 Å². The van der Waals surface area contributed by atoms with Crippen LogP contribution in [0.4, 0.5) is 4.39 Å². The van der Waals surface area contributed by atoms with E-state index in [2.05, 4.69) is 25.9 Å². The summed E-state index contributed by atoms with van der Waals surface area (Å²) in [6, 6.07) is 4.27. The number of thiophene rings is 1. The van der Waals surface area contributed by atoms with E-state index < -0.39 is 11.8 Å². The van der Waals surface area contributed by atoms with Crippen LogP contribution in [0, 0.1) is 5.82 Å². The van der Waals surface area contributed by atoms with Crippen LogP contribution in [0.1, 0.15) is 10.4 Å². The van der Waals surface area contributed by atoms with Crippen molar-refractivity contribution in [1.82, 2.24) is 9.97 Å². The van der Waals surface area contributed by atoms with E-state index in [-0.39, 0.29) is 5.56 Å². The Morgan fingerprint density at radius 3 is 2.84 bits per heavy atom. The molecular weight excluding hydrogens is 335 g/mol. The summed E-state index contributed by atoms with van der Waals surface area (Å²) in [5.41, 5.74) is 1.39. The minimum Gasteiger partial charge on any atom is -0.478 e. The second-order valence-corrected chi connectivity index (χ2v) is 6.17. The fourth-order valence-electron chi connectivity index (χ4n) is 1.77. The van der Waals surface area contributed by atoms with Crippen LogP contribution >= 0.6 is 27.3 Å². The van der Waals surface area contributed by atoms with Crippen molar-refractivity contribution >= 4 is 44.3 Å². The Kier molecular flexibility index (Phi) is 2.87. The molecule has 2 heterocycles. The zero-order valence-electron chi connectivity index (χ0n) is 9.28. The number of aromatic amines is 1. The van der Waals surface area contributed by atoms with Crippen molar-refractivity contribution in [3.8, 4) is 11.4 Å². The first-order valence-electron chi connectivity index (χ1n) is 5.21. The monoisotopic (exact) mass is 340 g/mol. The molecule has 96 valence electrons. The third kappa shape index (κ3) is 2.15. The van der Waals surface area contributed by atoms with Gasteiger partial charge in [-0.3, -0.25) is 0 Å². The maximum Gasteiger partial charge on any atom is 0.338 e. The van der Waals surface area contributed by atoms with Crippen molar-refractivity contribution < 1.29 is 14.3 Å². The molecule has 0 aliphatic carbocycles. The molecular formula is C12H6BrFN2O2S. The van der Waals surface area contributed by atoms with Gasteiger partial charge >= 0.3 is 5.97 Å². The van der Waals surface area contributed by atoms with Gasteiger partial charge in [0.25, 0.3) is 0 Å². The molecule has 0 fully saturated rings. The van der Waals surface area contributed by atoms with Gasteiger partial charge in [0.1, 0.15) is 11.6 Å². The Morgan fingerprint density at radius 1 is 1.42 bits per heavy atom. The summed E-state index contributed by atoms with van der Waals surface area (Å²) >= 11 is 4.86. The summed E-state index contributed by atoms with van der Waals surface area (Å²) in [6.45, 7) is 0. The van der Waals surface area contributed by atoms with Gasteiger partial charge < -0.3 is 10.1 Å². The Morgan fingerprint density at radius 2 is 2.21 bits per heavy atom. The summed E-state index contributed by atoms with van der Waals surface area (Å²) in [7, 11) is 0. The third-order valence-corrected chi connectivity index (χ3v) is 4.15.